The third kappa shape index (κ3) is 4.35. The van der Waals surface area contributed by atoms with E-state index in [-0.39, 0.29) is 0 Å². The number of pyridine rings is 3. The fraction of sp³-hybridized carbons (Fsp3) is 0. The van der Waals surface area contributed by atoms with Gasteiger partial charge in [-0.05, 0) is 36.4 Å². The molecule has 0 unspecified atom stereocenters. The molecule has 4 heterocycles. The van der Waals surface area contributed by atoms with Gasteiger partial charge in [0.15, 0.2) is 0 Å². The van der Waals surface area contributed by atoms with Crippen molar-refractivity contribution in [2.45, 2.75) is 0 Å². The van der Waals surface area contributed by atoms with Crippen LogP contribution in [0, 0.1) is 0 Å². The zero-order chi connectivity index (χ0) is 29.7. The third-order valence-corrected chi connectivity index (χ3v) is 8.59. The average molecular weight is 575 g/mol. The molecule has 0 atom stereocenters. The molecule has 0 bridgehead atoms. The molecule has 0 spiro atoms. The van der Waals surface area contributed by atoms with Crippen LogP contribution in [0.2, 0.25) is 0 Å². The lowest BCUT2D eigenvalue weighted by atomic mass is 10.1. The Morgan fingerprint density at radius 1 is 0.356 bits per heavy atom. The molecule has 0 amide bonds. The Kier molecular flexibility index (Phi) is 5.78. The largest absolute Gasteiger partial charge is 0.315 e. The van der Waals surface area contributed by atoms with Gasteiger partial charge in [0.2, 0.25) is 0 Å². The maximum atomic E-state index is 5.20. The van der Waals surface area contributed by atoms with Gasteiger partial charge in [0, 0.05) is 50.1 Å². The van der Waals surface area contributed by atoms with Crippen molar-refractivity contribution >= 4 is 43.6 Å². The van der Waals surface area contributed by atoms with E-state index in [1.54, 1.807) is 0 Å². The first-order valence-electron chi connectivity index (χ1n) is 15.1. The molecule has 4 heteroatoms. The minimum absolute atomic E-state index is 0.906. The monoisotopic (exact) mass is 574 g/mol. The van der Waals surface area contributed by atoms with Crippen molar-refractivity contribution in [2.75, 3.05) is 0 Å². The lowest BCUT2D eigenvalue weighted by Crippen LogP contribution is -1.96. The van der Waals surface area contributed by atoms with Crippen LogP contribution < -0.4 is 0 Å². The highest BCUT2D eigenvalue weighted by molar-refractivity contribution is 6.06. The molecule has 45 heavy (non-hydrogen) atoms. The maximum Gasteiger partial charge on any atom is 0.0972 e. The molecule has 4 aromatic heterocycles. The van der Waals surface area contributed by atoms with E-state index in [0.29, 0.717) is 0 Å². The predicted molar refractivity (Wildman–Crippen MR) is 185 cm³/mol. The second-order valence-electron chi connectivity index (χ2n) is 11.3. The number of nitrogens with zero attached hydrogens (tertiary/aromatic N) is 4. The van der Waals surface area contributed by atoms with Gasteiger partial charge in [-0.1, -0.05) is 115 Å². The van der Waals surface area contributed by atoms with Crippen LogP contribution in [0.25, 0.3) is 83.1 Å². The summed E-state index contributed by atoms with van der Waals surface area (Å²) in [6, 6.07) is 52.7. The minimum atomic E-state index is 0.906. The molecule has 0 fully saturated rings. The SMILES string of the molecule is c1ccc(-c2ccc3ccc4ccc(-c5cccc(-n6ccc7ccc8ccc(-c9ccccc9)nc8c76)c5)nc4c3n2)cc1. The molecule has 9 rings (SSSR count). The molecule has 5 aromatic carbocycles. The summed E-state index contributed by atoms with van der Waals surface area (Å²) >= 11 is 0. The smallest absolute Gasteiger partial charge is 0.0972 e. The molecule has 0 N–H and O–H groups in total. The molecule has 0 aliphatic carbocycles. The number of hydrogen-bond acceptors (Lipinski definition) is 3. The zero-order valence-corrected chi connectivity index (χ0v) is 24.3. The van der Waals surface area contributed by atoms with Gasteiger partial charge in [-0.3, -0.25) is 0 Å². The van der Waals surface area contributed by atoms with E-state index in [2.05, 4.69) is 138 Å². The minimum Gasteiger partial charge on any atom is -0.315 e. The number of hydrogen-bond donors (Lipinski definition) is 0. The van der Waals surface area contributed by atoms with Crippen LogP contribution in [0.15, 0.2) is 158 Å². The average Bonchev–Trinajstić information content (AvgIpc) is 3.57. The highest BCUT2D eigenvalue weighted by Gasteiger charge is 2.13. The summed E-state index contributed by atoms with van der Waals surface area (Å²) in [4.78, 5) is 15.5. The normalized spacial score (nSPS) is 11.6. The summed E-state index contributed by atoms with van der Waals surface area (Å²) in [6.45, 7) is 0. The van der Waals surface area contributed by atoms with Crippen LogP contribution in [-0.4, -0.2) is 19.5 Å². The van der Waals surface area contributed by atoms with Gasteiger partial charge in [-0.15, -0.1) is 0 Å². The Morgan fingerprint density at radius 3 is 1.42 bits per heavy atom. The zero-order valence-electron chi connectivity index (χ0n) is 24.3. The Bertz CT molecular complexity index is 2530. The second-order valence-corrected chi connectivity index (χ2v) is 11.3. The molecule has 9 aromatic rings. The van der Waals surface area contributed by atoms with Gasteiger partial charge < -0.3 is 4.57 Å². The lowest BCUT2D eigenvalue weighted by Gasteiger charge is -2.11. The van der Waals surface area contributed by atoms with Crippen LogP contribution in [0.1, 0.15) is 0 Å². The van der Waals surface area contributed by atoms with E-state index >= 15 is 0 Å². The van der Waals surface area contributed by atoms with E-state index < -0.39 is 0 Å². The lowest BCUT2D eigenvalue weighted by molar-refractivity contribution is 1.13. The van der Waals surface area contributed by atoms with Crippen LogP contribution >= 0.6 is 0 Å². The standard InChI is InChI=1S/C41H26N4/c1-3-8-27(9-4-1)35-21-18-29-14-15-30-19-23-37(43-39(30)38(29)42-35)33-12-7-13-34(26-33)45-25-24-32-17-16-31-20-22-36(44-40(31)41(32)45)28-10-5-2-6-11-28/h1-26H. The van der Waals surface area contributed by atoms with Crippen LogP contribution in [0.5, 0.6) is 0 Å². The number of rotatable bonds is 4. The summed E-state index contributed by atoms with van der Waals surface area (Å²) in [5.74, 6) is 0. The first kappa shape index (κ1) is 25.4. The molecule has 0 saturated heterocycles. The molecular weight excluding hydrogens is 548 g/mol. The molecule has 4 nitrogen and oxygen atoms in total. The number of aromatic nitrogens is 4. The van der Waals surface area contributed by atoms with Crippen molar-refractivity contribution < 1.29 is 0 Å². The number of benzene rings is 5. The Hall–Kier alpha value is -6.13. The summed E-state index contributed by atoms with van der Waals surface area (Å²) in [7, 11) is 0. The van der Waals surface area contributed by atoms with Gasteiger partial charge in [0.05, 0.1) is 39.1 Å². The highest BCUT2D eigenvalue weighted by atomic mass is 15.0. The van der Waals surface area contributed by atoms with E-state index in [1.165, 1.54) is 0 Å². The summed E-state index contributed by atoms with van der Waals surface area (Å²) < 4.78 is 2.24. The first-order valence-corrected chi connectivity index (χ1v) is 15.1. The van der Waals surface area contributed by atoms with Crippen LogP contribution in [0.3, 0.4) is 0 Å². The molecule has 0 saturated carbocycles. The fourth-order valence-corrected chi connectivity index (χ4v) is 6.30. The second kappa shape index (κ2) is 10.2. The Morgan fingerprint density at radius 2 is 0.822 bits per heavy atom. The maximum absolute atomic E-state index is 5.20. The van der Waals surface area contributed by atoms with Gasteiger partial charge in [-0.25, -0.2) is 15.0 Å². The molecule has 0 radical (unpaired) electrons. The summed E-state index contributed by atoms with van der Waals surface area (Å²) in [6.07, 6.45) is 2.14. The van der Waals surface area contributed by atoms with Crippen molar-refractivity contribution in [3.8, 4) is 39.5 Å². The van der Waals surface area contributed by atoms with Crippen molar-refractivity contribution in [1.29, 1.82) is 0 Å². The van der Waals surface area contributed by atoms with E-state index in [4.69, 9.17) is 15.0 Å². The highest BCUT2D eigenvalue weighted by Crippen LogP contribution is 2.32. The van der Waals surface area contributed by atoms with Gasteiger partial charge in [-0.2, -0.15) is 0 Å². The van der Waals surface area contributed by atoms with Crippen LogP contribution in [0.4, 0.5) is 0 Å². The van der Waals surface area contributed by atoms with Crippen molar-refractivity contribution in [1.82, 2.24) is 19.5 Å². The number of fused-ring (bicyclic) bond motifs is 6. The van der Waals surface area contributed by atoms with Gasteiger partial charge >= 0.3 is 0 Å². The molecule has 0 aliphatic heterocycles. The quantitative estimate of drug-likeness (QED) is 0.196. The Labute approximate surface area is 259 Å². The van der Waals surface area contributed by atoms with E-state index in [1.807, 2.05) is 24.3 Å². The third-order valence-electron chi connectivity index (χ3n) is 8.59. The van der Waals surface area contributed by atoms with Crippen molar-refractivity contribution in [2.24, 2.45) is 0 Å². The first-order chi connectivity index (χ1) is 22.3. The van der Waals surface area contributed by atoms with Gasteiger partial charge in [0.1, 0.15) is 0 Å². The molecule has 0 aliphatic rings. The van der Waals surface area contributed by atoms with Gasteiger partial charge in [0.25, 0.3) is 0 Å². The van der Waals surface area contributed by atoms with E-state index in [9.17, 15) is 0 Å². The predicted octanol–water partition coefficient (Wildman–Crippen LogP) is 10.3. The van der Waals surface area contributed by atoms with Crippen molar-refractivity contribution in [3.05, 3.63) is 158 Å². The topological polar surface area (TPSA) is 43.6 Å². The summed E-state index contributed by atoms with van der Waals surface area (Å²) in [5, 5.41) is 4.42. The fourth-order valence-electron chi connectivity index (χ4n) is 6.30. The van der Waals surface area contributed by atoms with Crippen molar-refractivity contribution in [3.63, 3.8) is 0 Å². The molecular formula is C41H26N4. The molecule has 210 valence electrons. The van der Waals surface area contributed by atoms with E-state index in [0.717, 1.165) is 83.1 Å². The Balaban J connectivity index is 1.18. The summed E-state index contributed by atoms with van der Waals surface area (Å²) in [5.41, 5.74) is 11.0. The van der Waals surface area contributed by atoms with Crippen LogP contribution in [-0.2, 0) is 0 Å².